The summed E-state index contributed by atoms with van der Waals surface area (Å²) in [4.78, 5) is 13.8. The van der Waals surface area contributed by atoms with Gasteiger partial charge in [-0.1, -0.05) is 0 Å². The Bertz CT molecular complexity index is 388. The molecule has 1 aromatic carbocycles. The molecule has 1 aliphatic rings. The second kappa shape index (κ2) is 6.47. The first-order valence-electron chi connectivity index (χ1n) is 5.98. The molecule has 1 heterocycles. The van der Waals surface area contributed by atoms with Gasteiger partial charge in [-0.25, -0.2) is 9.18 Å². The van der Waals surface area contributed by atoms with Gasteiger partial charge in [0.25, 0.3) is 0 Å². The lowest BCUT2D eigenvalue weighted by Gasteiger charge is -2.26. The molecular formula is C13H16FNO3. The molecule has 0 spiro atoms. The Balaban J connectivity index is 1.72. The third-order valence-electron chi connectivity index (χ3n) is 2.82. The van der Waals surface area contributed by atoms with Gasteiger partial charge in [-0.3, -0.25) is 4.90 Å². The Labute approximate surface area is 105 Å². The first-order chi connectivity index (χ1) is 8.75. The Kier molecular flexibility index (Phi) is 4.66. The van der Waals surface area contributed by atoms with Gasteiger partial charge in [-0.15, -0.1) is 0 Å². The Morgan fingerprint density at radius 3 is 2.61 bits per heavy atom. The highest BCUT2D eigenvalue weighted by Crippen LogP contribution is 2.04. The molecule has 0 radical (unpaired) electrons. The zero-order valence-electron chi connectivity index (χ0n) is 10.1. The minimum atomic E-state index is -0.414. The van der Waals surface area contributed by atoms with Gasteiger partial charge in [0.15, 0.2) is 0 Å². The molecule has 2 rings (SSSR count). The molecule has 1 fully saturated rings. The second-order valence-electron chi connectivity index (χ2n) is 4.10. The van der Waals surface area contributed by atoms with Gasteiger partial charge in [0.05, 0.1) is 18.8 Å². The lowest BCUT2D eigenvalue weighted by Crippen LogP contribution is -2.38. The van der Waals surface area contributed by atoms with Crippen molar-refractivity contribution in [3.8, 4) is 0 Å². The summed E-state index contributed by atoms with van der Waals surface area (Å²) < 4.78 is 23.0. The Morgan fingerprint density at radius 2 is 1.94 bits per heavy atom. The van der Waals surface area contributed by atoms with Crippen molar-refractivity contribution in [2.45, 2.75) is 0 Å². The summed E-state index contributed by atoms with van der Waals surface area (Å²) in [5, 5.41) is 0. The van der Waals surface area contributed by atoms with E-state index >= 15 is 0 Å². The van der Waals surface area contributed by atoms with E-state index in [1.165, 1.54) is 24.3 Å². The molecule has 1 aromatic rings. The summed E-state index contributed by atoms with van der Waals surface area (Å²) in [5.41, 5.74) is 0.373. The van der Waals surface area contributed by atoms with Crippen LogP contribution in [0.1, 0.15) is 10.4 Å². The van der Waals surface area contributed by atoms with Crippen LogP contribution in [0.4, 0.5) is 4.39 Å². The summed E-state index contributed by atoms with van der Waals surface area (Å²) in [7, 11) is 0. The number of benzene rings is 1. The van der Waals surface area contributed by atoms with Crippen LogP contribution < -0.4 is 0 Å². The van der Waals surface area contributed by atoms with Gasteiger partial charge in [0, 0.05) is 19.6 Å². The SMILES string of the molecule is O=C(OCCN1CCOCC1)c1ccc(F)cc1. The normalized spacial score (nSPS) is 16.5. The summed E-state index contributed by atoms with van der Waals surface area (Å²) in [5.74, 6) is -0.775. The van der Waals surface area contributed by atoms with Crippen LogP contribution in [0.15, 0.2) is 24.3 Å². The van der Waals surface area contributed by atoms with Crippen LogP contribution in [0.5, 0.6) is 0 Å². The van der Waals surface area contributed by atoms with Gasteiger partial charge in [-0.05, 0) is 24.3 Å². The zero-order valence-corrected chi connectivity index (χ0v) is 10.1. The van der Waals surface area contributed by atoms with E-state index < -0.39 is 5.97 Å². The zero-order chi connectivity index (χ0) is 12.8. The first-order valence-corrected chi connectivity index (χ1v) is 5.98. The molecule has 0 aromatic heterocycles. The van der Waals surface area contributed by atoms with Crippen molar-refractivity contribution in [2.75, 3.05) is 39.5 Å². The third kappa shape index (κ3) is 3.78. The number of nitrogens with zero attached hydrogens (tertiary/aromatic N) is 1. The van der Waals surface area contributed by atoms with Crippen molar-refractivity contribution in [2.24, 2.45) is 0 Å². The number of carbonyl (C=O) groups is 1. The second-order valence-corrected chi connectivity index (χ2v) is 4.10. The molecule has 0 aliphatic carbocycles. The van der Waals surface area contributed by atoms with E-state index in [9.17, 15) is 9.18 Å². The number of ether oxygens (including phenoxy) is 2. The first kappa shape index (κ1) is 13.0. The molecule has 1 saturated heterocycles. The minimum Gasteiger partial charge on any atom is -0.461 e. The van der Waals surface area contributed by atoms with Crippen molar-refractivity contribution in [3.05, 3.63) is 35.6 Å². The van der Waals surface area contributed by atoms with E-state index in [0.29, 0.717) is 18.7 Å². The van der Waals surface area contributed by atoms with Crippen LogP contribution in [0.2, 0.25) is 0 Å². The van der Waals surface area contributed by atoms with Crippen LogP contribution in [0.25, 0.3) is 0 Å². The molecule has 1 aliphatic heterocycles. The Morgan fingerprint density at radius 1 is 1.28 bits per heavy atom. The monoisotopic (exact) mass is 253 g/mol. The fraction of sp³-hybridized carbons (Fsp3) is 0.462. The van der Waals surface area contributed by atoms with Gasteiger partial charge >= 0.3 is 5.97 Å². The maximum atomic E-state index is 12.7. The average molecular weight is 253 g/mol. The highest BCUT2D eigenvalue weighted by atomic mass is 19.1. The lowest BCUT2D eigenvalue weighted by atomic mass is 10.2. The van der Waals surface area contributed by atoms with Crippen LogP contribution in [0, 0.1) is 5.82 Å². The van der Waals surface area contributed by atoms with E-state index in [1.807, 2.05) is 0 Å². The molecule has 4 nitrogen and oxygen atoms in total. The quantitative estimate of drug-likeness (QED) is 0.758. The largest absolute Gasteiger partial charge is 0.461 e. The predicted octanol–water partition coefficient (Wildman–Crippen LogP) is 1.31. The molecule has 5 heteroatoms. The molecule has 98 valence electrons. The van der Waals surface area contributed by atoms with Crippen LogP contribution in [0.3, 0.4) is 0 Å². The number of morpholine rings is 1. The maximum absolute atomic E-state index is 12.7. The summed E-state index contributed by atoms with van der Waals surface area (Å²) in [6.45, 7) is 4.24. The predicted molar refractivity (Wildman–Crippen MR) is 63.9 cm³/mol. The topological polar surface area (TPSA) is 38.8 Å². The summed E-state index contributed by atoms with van der Waals surface area (Å²) in [6.07, 6.45) is 0. The third-order valence-corrected chi connectivity index (χ3v) is 2.82. The number of rotatable bonds is 4. The van der Waals surface area contributed by atoms with Gasteiger partial charge in [0.2, 0.25) is 0 Å². The number of hydrogen-bond acceptors (Lipinski definition) is 4. The van der Waals surface area contributed by atoms with E-state index in [1.54, 1.807) is 0 Å². The number of esters is 1. The van der Waals surface area contributed by atoms with Crippen molar-refractivity contribution < 1.29 is 18.7 Å². The highest BCUT2D eigenvalue weighted by molar-refractivity contribution is 5.89. The summed E-state index contributed by atoms with van der Waals surface area (Å²) >= 11 is 0. The molecule has 0 bridgehead atoms. The van der Waals surface area contributed by atoms with Crippen LogP contribution in [-0.4, -0.2) is 50.3 Å². The number of carbonyl (C=O) groups excluding carboxylic acids is 1. The Hall–Kier alpha value is -1.46. The number of halogens is 1. The molecule has 0 saturated carbocycles. The van der Waals surface area contributed by atoms with Gasteiger partial charge < -0.3 is 9.47 Å². The van der Waals surface area contributed by atoms with Crippen molar-refractivity contribution >= 4 is 5.97 Å². The van der Waals surface area contributed by atoms with Crippen LogP contribution >= 0.6 is 0 Å². The lowest BCUT2D eigenvalue weighted by molar-refractivity contribution is 0.0195. The van der Waals surface area contributed by atoms with Crippen molar-refractivity contribution in [3.63, 3.8) is 0 Å². The number of hydrogen-bond donors (Lipinski definition) is 0. The smallest absolute Gasteiger partial charge is 0.338 e. The van der Waals surface area contributed by atoms with E-state index in [2.05, 4.69) is 4.90 Å². The minimum absolute atomic E-state index is 0.343. The van der Waals surface area contributed by atoms with Gasteiger partial charge in [-0.2, -0.15) is 0 Å². The molecule has 0 amide bonds. The van der Waals surface area contributed by atoms with Crippen LogP contribution in [-0.2, 0) is 9.47 Å². The van der Waals surface area contributed by atoms with E-state index in [-0.39, 0.29) is 5.82 Å². The fourth-order valence-electron chi connectivity index (χ4n) is 1.76. The van der Waals surface area contributed by atoms with E-state index in [0.717, 1.165) is 26.3 Å². The fourth-order valence-corrected chi connectivity index (χ4v) is 1.76. The molecule has 0 unspecified atom stereocenters. The van der Waals surface area contributed by atoms with Crippen molar-refractivity contribution in [1.82, 2.24) is 4.90 Å². The average Bonchev–Trinajstić information content (AvgIpc) is 2.40. The summed E-state index contributed by atoms with van der Waals surface area (Å²) in [6, 6.07) is 5.34. The van der Waals surface area contributed by atoms with E-state index in [4.69, 9.17) is 9.47 Å². The molecular weight excluding hydrogens is 237 g/mol. The standard InChI is InChI=1S/C13H16FNO3/c14-12-3-1-11(2-4-12)13(16)18-10-7-15-5-8-17-9-6-15/h1-4H,5-10H2. The molecule has 0 N–H and O–H groups in total. The van der Waals surface area contributed by atoms with Gasteiger partial charge in [0.1, 0.15) is 12.4 Å². The molecule has 0 atom stereocenters. The maximum Gasteiger partial charge on any atom is 0.338 e. The highest BCUT2D eigenvalue weighted by Gasteiger charge is 2.11. The van der Waals surface area contributed by atoms with Crippen molar-refractivity contribution in [1.29, 1.82) is 0 Å². The molecule has 18 heavy (non-hydrogen) atoms.